The fourth-order valence-corrected chi connectivity index (χ4v) is 0.662. The molecule has 0 aromatic heterocycles. The SMILES string of the molecule is O=C1C(=NO)CCN1O. The summed E-state index contributed by atoms with van der Waals surface area (Å²) in [7, 11) is 0. The molecule has 50 valence electrons. The maximum atomic E-state index is 10.5. The molecule has 0 bridgehead atoms. The van der Waals surface area contributed by atoms with E-state index in [2.05, 4.69) is 5.16 Å². The summed E-state index contributed by atoms with van der Waals surface area (Å²) in [5.74, 6) is -0.613. The van der Waals surface area contributed by atoms with Gasteiger partial charge < -0.3 is 5.21 Å². The Bertz CT molecular complexity index is 165. The van der Waals surface area contributed by atoms with Gasteiger partial charge in [-0.1, -0.05) is 5.16 Å². The van der Waals surface area contributed by atoms with Crippen molar-refractivity contribution in [1.82, 2.24) is 5.06 Å². The largest absolute Gasteiger partial charge is 0.410 e. The molecule has 1 aliphatic rings. The molecular formula is C4H6N2O3. The molecule has 0 radical (unpaired) electrons. The van der Waals surface area contributed by atoms with E-state index < -0.39 is 5.91 Å². The van der Waals surface area contributed by atoms with E-state index in [1.54, 1.807) is 0 Å². The van der Waals surface area contributed by atoms with Crippen LogP contribution < -0.4 is 0 Å². The zero-order valence-corrected chi connectivity index (χ0v) is 4.61. The summed E-state index contributed by atoms with van der Waals surface area (Å²) in [5, 5.41) is 19.9. The van der Waals surface area contributed by atoms with E-state index in [0.717, 1.165) is 0 Å². The van der Waals surface area contributed by atoms with Gasteiger partial charge in [0.25, 0.3) is 5.91 Å². The van der Waals surface area contributed by atoms with Crippen molar-refractivity contribution in [2.24, 2.45) is 5.16 Å². The van der Waals surface area contributed by atoms with Crippen LogP contribution in [0.2, 0.25) is 0 Å². The van der Waals surface area contributed by atoms with Crippen LogP contribution in [0.25, 0.3) is 0 Å². The van der Waals surface area contributed by atoms with Gasteiger partial charge in [0.15, 0.2) is 0 Å². The van der Waals surface area contributed by atoms with Crippen molar-refractivity contribution in [3.8, 4) is 0 Å². The second kappa shape index (κ2) is 2.02. The van der Waals surface area contributed by atoms with Crippen LogP contribution in [0.1, 0.15) is 6.42 Å². The molecule has 2 N–H and O–H groups in total. The van der Waals surface area contributed by atoms with Gasteiger partial charge in [-0.15, -0.1) is 0 Å². The van der Waals surface area contributed by atoms with E-state index >= 15 is 0 Å². The normalized spacial score (nSPS) is 23.9. The van der Waals surface area contributed by atoms with Crippen molar-refractivity contribution in [1.29, 1.82) is 0 Å². The molecule has 5 heteroatoms. The molecule has 1 amide bonds. The van der Waals surface area contributed by atoms with Crippen molar-refractivity contribution in [2.45, 2.75) is 6.42 Å². The van der Waals surface area contributed by atoms with Crippen molar-refractivity contribution in [3.63, 3.8) is 0 Å². The first kappa shape index (κ1) is 6.03. The number of hydrogen-bond acceptors (Lipinski definition) is 4. The highest BCUT2D eigenvalue weighted by molar-refractivity contribution is 6.39. The van der Waals surface area contributed by atoms with Crippen molar-refractivity contribution in [3.05, 3.63) is 0 Å². The molecule has 1 rings (SSSR count). The fourth-order valence-electron chi connectivity index (χ4n) is 0.662. The van der Waals surface area contributed by atoms with Crippen molar-refractivity contribution < 1.29 is 15.2 Å². The van der Waals surface area contributed by atoms with Gasteiger partial charge in [0, 0.05) is 6.42 Å². The summed E-state index contributed by atoms with van der Waals surface area (Å²) < 4.78 is 0. The van der Waals surface area contributed by atoms with E-state index in [1.807, 2.05) is 0 Å². The Morgan fingerprint density at radius 3 is 2.56 bits per heavy atom. The summed E-state index contributed by atoms with van der Waals surface area (Å²) in [6.07, 6.45) is 0.311. The third-order valence-corrected chi connectivity index (χ3v) is 1.16. The molecule has 0 aromatic carbocycles. The van der Waals surface area contributed by atoms with E-state index in [4.69, 9.17) is 10.4 Å². The smallest absolute Gasteiger partial charge is 0.295 e. The first-order chi connectivity index (χ1) is 4.25. The second-order valence-electron chi connectivity index (χ2n) is 1.72. The third kappa shape index (κ3) is 0.857. The van der Waals surface area contributed by atoms with E-state index in [1.165, 1.54) is 0 Å². The van der Waals surface area contributed by atoms with E-state index in [9.17, 15) is 4.79 Å². The van der Waals surface area contributed by atoms with Crippen LogP contribution >= 0.6 is 0 Å². The number of nitrogens with zero attached hydrogens (tertiary/aromatic N) is 2. The monoisotopic (exact) mass is 130 g/mol. The van der Waals surface area contributed by atoms with Crippen LogP contribution in [-0.2, 0) is 4.79 Å². The number of carbonyl (C=O) groups is 1. The minimum atomic E-state index is -0.613. The number of hydroxylamine groups is 2. The molecule has 0 aromatic rings. The van der Waals surface area contributed by atoms with Crippen LogP contribution in [0.4, 0.5) is 0 Å². The summed E-state index contributed by atoms with van der Waals surface area (Å²) in [4.78, 5) is 10.5. The maximum absolute atomic E-state index is 10.5. The first-order valence-corrected chi connectivity index (χ1v) is 2.47. The Hall–Kier alpha value is -1.10. The summed E-state index contributed by atoms with van der Waals surface area (Å²) in [6, 6.07) is 0. The molecule has 0 saturated carbocycles. The van der Waals surface area contributed by atoms with E-state index in [0.29, 0.717) is 11.5 Å². The van der Waals surface area contributed by atoms with Gasteiger partial charge in [-0.3, -0.25) is 10.0 Å². The predicted molar refractivity (Wildman–Crippen MR) is 27.3 cm³/mol. The van der Waals surface area contributed by atoms with Gasteiger partial charge >= 0.3 is 0 Å². The number of rotatable bonds is 0. The molecule has 1 heterocycles. The Morgan fingerprint density at radius 2 is 2.33 bits per heavy atom. The second-order valence-corrected chi connectivity index (χ2v) is 1.72. The van der Waals surface area contributed by atoms with Crippen molar-refractivity contribution in [2.75, 3.05) is 6.54 Å². The average Bonchev–Trinajstić information content (AvgIpc) is 2.15. The minimum Gasteiger partial charge on any atom is -0.410 e. The lowest BCUT2D eigenvalue weighted by Gasteiger charge is -2.00. The Labute approximate surface area is 51.1 Å². The molecule has 1 aliphatic heterocycles. The zero-order valence-electron chi connectivity index (χ0n) is 4.61. The van der Waals surface area contributed by atoms with Crippen LogP contribution in [0, 0.1) is 0 Å². The van der Waals surface area contributed by atoms with Gasteiger partial charge in [-0.25, -0.2) is 5.06 Å². The van der Waals surface area contributed by atoms with Gasteiger partial charge in [0.2, 0.25) is 0 Å². The van der Waals surface area contributed by atoms with Gasteiger partial charge in [-0.05, 0) is 0 Å². The summed E-state index contributed by atoms with van der Waals surface area (Å²) in [6.45, 7) is 0.220. The highest BCUT2D eigenvalue weighted by atomic mass is 16.5. The van der Waals surface area contributed by atoms with Crippen LogP contribution in [0.5, 0.6) is 0 Å². The lowest BCUT2D eigenvalue weighted by molar-refractivity contribution is -0.152. The molecule has 0 atom stereocenters. The molecule has 9 heavy (non-hydrogen) atoms. The number of amides is 1. The minimum absolute atomic E-state index is 0.0116. The lowest BCUT2D eigenvalue weighted by atomic mass is 10.3. The number of oxime groups is 1. The maximum Gasteiger partial charge on any atom is 0.295 e. The average molecular weight is 130 g/mol. The Kier molecular flexibility index (Phi) is 1.35. The van der Waals surface area contributed by atoms with Crippen LogP contribution in [0.3, 0.4) is 0 Å². The molecule has 1 fully saturated rings. The fraction of sp³-hybridized carbons (Fsp3) is 0.500. The van der Waals surface area contributed by atoms with Gasteiger partial charge in [0.05, 0.1) is 6.54 Å². The topological polar surface area (TPSA) is 73.1 Å². The standard InChI is InChI=1S/C4H6N2O3/c7-4-3(5-8)1-2-6(4)9/h8-9H,1-2H2. The first-order valence-electron chi connectivity index (χ1n) is 2.47. The molecule has 0 aliphatic carbocycles. The summed E-state index contributed by atoms with van der Waals surface area (Å²) >= 11 is 0. The van der Waals surface area contributed by atoms with Crippen molar-refractivity contribution >= 4 is 11.6 Å². The molecule has 0 spiro atoms. The quantitative estimate of drug-likeness (QED) is 0.262. The highest BCUT2D eigenvalue weighted by Gasteiger charge is 2.26. The van der Waals surface area contributed by atoms with Gasteiger partial charge in [-0.2, -0.15) is 0 Å². The molecule has 5 nitrogen and oxygen atoms in total. The predicted octanol–water partition coefficient (Wildman–Crippen LogP) is -0.562. The molecule has 1 saturated heterocycles. The number of hydrogen-bond donors (Lipinski definition) is 2. The van der Waals surface area contributed by atoms with Gasteiger partial charge in [0.1, 0.15) is 5.71 Å². The molecular weight excluding hydrogens is 124 g/mol. The Morgan fingerprint density at radius 1 is 1.67 bits per heavy atom. The third-order valence-electron chi connectivity index (χ3n) is 1.16. The highest BCUT2D eigenvalue weighted by Crippen LogP contribution is 2.03. The van der Waals surface area contributed by atoms with Crippen LogP contribution in [-0.4, -0.2) is 33.6 Å². The van der Waals surface area contributed by atoms with Crippen LogP contribution in [0.15, 0.2) is 5.16 Å². The Balaban J connectivity index is 2.74. The molecule has 0 unspecified atom stereocenters. The van der Waals surface area contributed by atoms with E-state index in [-0.39, 0.29) is 12.3 Å². The zero-order chi connectivity index (χ0) is 6.85. The number of carbonyl (C=O) groups excluding carboxylic acids is 1. The lowest BCUT2D eigenvalue weighted by Crippen LogP contribution is -2.23. The summed E-state index contributed by atoms with van der Waals surface area (Å²) in [5.41, 5.74) is 0.0116.